The first-order chi connectivity index (χ1) is 11.0. The van der Waals surface area contributed by atoms with Crippen molar-refractivity contribution in [3.05, 3.63) is 36.0 Å². The van der Waals surface area contributed by atoms with Crippen molar-refractivity contribution >= 4 is 16.8 Å². The summed E-state index contributed by atoms with van der Waals surface area (Å²) >= 11 is 0. The lowest BCUT2D eigenvalue weighted by molar-refractivity contribution is 0.0249. The van der Waals surface area contributed by atoms with E-state index in [9.17, 15) is 9.90 Å². The molecule has 4 heteroatoms. The number of piperidine rings is 1. The van der Waals surface area contributed by atoms with E-state index in [2.05, 4.69) is 24.5 Å². The predicted molar refractivity (Wildman–Crippen MR) is 92.5 cm³/mol. The van der Waals surface area contributed by atoms with Crippen LogP contribution in [0.3, 0.4) is 0 Å². The van der Waals surface area contributed by atoms with Crippen LogP contribution in [-0.2, 0) is 6.54 Å². The molecule has 23 heavy (non-hydrogen) atoms. The molecular formula is C19H26N2O2. The Bertz CT molecular complexity index is 704. The molecule has 2 heterocycles. The number of carbonyl (C=O) groups excluding carboxylic acids is 1. The number of nitrogens with zero attached hydrogens (tertiary/aromatic N) is 2. The second-order valence-corrected chi connectivity index (χ2v) is 7.19. The van der Waals surface area contributed by atoms with E-state index in [-0.39, 0.29) is 11.8 Å². The maximum atomic E-state index is 13.0. The highest BCUT2D eigenvalue weighted by Crippen LogP contribution is 2.26. The fraction of sp³-hybridized carbons (Fsp3) is 0.526. The van der Waals surface area contributed by atoms with Crippen LogP contribution in [-0.4, -0.2) is 39.7 Å². The monoisotopic (exact) mass is 314 g/mol. The first-order valence-corrected chi connectivity index (χ1v) is 8.52. The van der Waals surface area contributed by atoms with Gasteiger partial charge in [0.05, 0.1) is 11.7 Å². The van der Waals surface area contributed by atoms with E-state index in [1.165, 1.54) is 0 Å². The molecule has 2 atom stereocenters. The molecule has 3 rings (SSSR count). The third-order valence-electron chi connectivity index (χ3n) is 4.79. The van der Waals surface area contributed by atoms with E-state index >= 15 is 0 Å². The Morgan fingerprint density at radius 2 is 2.09 bits per heavy atom. The van der Waals surface area contributed by atoms with Crippen molar-refractivity contribution < 1.29 is 9.90 Å². The second kappa shape index (κ2) is 6.36. The van der Waals surface area contributed by atoms with Crippen molar-refractivity contribution in [2.24, 2.45) is 11.8 Å². The molecule has 1 aliphatic rings. The third kappa shape index (κ3) is 3.13. The number of hydrogen-bond donors (Lipinski definition) is 1. The van der Waals surface area contributed by atoms with E-state index < -0.39 is 6.10 Å². The van der Waals surface area contributed by atoms with Crippen LogP contribution < -0.4 is 0 Å². The normalized spacial score (nSPS) is 22.0. The zero-order chi connectivity index (χ0) is 16.6. The van der Waals surface area contributed by atoms with Gasteiger partial charge in [0, 0.05) is 36.7 Å². The van der Waals surface area contributed by atoms with Crippen LogP contribution >= 0.6 is 0 Å². The van der Waals surface area contributed by atoms with Crippen molar-refractivity contribution in [1.82, 2.24) is 9.47 Å². The molecule has 2 aromatic rings. The molecule has 1 fully saturated rings. The van der Waals surface area contributed by atoms with Gasteiger partial charge in [-0.2, -0.15) is 0 Å². The number of likely N-dealkylation sites (tertiary alicyclic amines) is 1. The summed E-state index contributed by atoms with van der Waals surface area (Å²) < 4.78 is 2.18. The fourth-order valence-corrected chi connectivity index (χ4v) is 3.37. The van der Waals surface area contributed by atoms with Crippen LogP contribution in [0.5, 0.6) is 0 Å². The average Bonchev–Trinajstić information content (AvgIpc) is 2.88. The van der Waals surface area contributed by atoms with Crippen LogP contribution in [0.1, 0.15) is 37.6 Å². The zero-order valence-electron chi connectivity index (χ0n) is 14.2. The first kappa shape index (κ1) is 16.1. The van der Waals surface area contributed by atoms with Gasteiger partial charge in [0.1, 0.15) is 0 Å². The Morgan fingerprint density at radius 1 is 1.35 bits per heavy atom. The van der Waals surface area contributed by atoms with Crippen molar-refractivity contribution in [3.8, 4) is 0 Å². The van der Waals surface area contributed by atoms with E-state index in [0.29, 0.717) is 12.5 Å². The highest BCUT2D eigenvalue weighted by atomic mass is 16.3. The molecule has 0 aliphatic carbocycles. The molecule has 124 valence electrons. The number of aliphatic hydroxyl groups is 1. The summed E-state index contributed by atoms with van der Waals surface area (Å²) in [5, 5.41) is 11.1. The number of aliphatic hydroxyl groups excluding tert-OH is 1. The van der Waals surface area contributed by atoms with Crippen molar-refractivity contribution in [2.45, 2.75) is 39.8 Å². The van der Waals surface area contributed by atoms with Crippen LogP contribution in [0.25, 0.3) is 10.9 Å². The molecule has 0 radical (unpaired) electrons. The number of amides is 1. The van der Waals surface area contributed by atoms with Gasteiger partial charge < -0.3 is 14.6 Å². The maximum absolute atomic E-state index is 13.0. The number of para-hydroxylation sites is 1. The molecule has 4 nitrogen and oxygen atoms in total. The molecule has 0 bridgehead atoms. The van der Waals surface area contributed by atoms with Crippen LogP contribution in [0.2, 0.25) is 0 Å². The smallest absolute Gasteiger partial charge is 0.256 e. The van der Waals surface area contributed by atoms with Crippen LogP contribution in [0, 0.1) is 11.8 Å². The highest BCUT2D eigenvalue weighted by molar-refractivity contribution is 6.07. The summed E-state index contributed by atoms with van der Waals surface area (Å²) in [5.41, 5.74) is 1.86. The third-order valence-corrected chi connectivity index (χ3v) is 4.79. The summed E-state index contributed by atoms with van der Waals surface area (Å²) in [5.74, 6) is 0.822. The lowest BCUT2D eigenvalue weighted by Gasteiger charge is -2.34. The first-order valence-electron chi connectivity index (χ1n) is 8.52. The van der Waals surface area contributed by atoms with E-state index in [4.69, 9.17) is 0 Å². The molecule has 0 saturated carbocycles. The summed E-state index contributed by atoms with van der Waals surface area (Å²) in [6.45, 7) is 8.45. The quantitative estimate of drug-likeness (QED) is 0.946. The molecule has 1 saturated heterocycles. The Labute approximate surface area is 137 Å². The number of fused-ring (bicyclic) bond motifs is 1. The molecule has 1 amide bonds. The number of hydrogen-bond acceptors (Lipinski definition) is 2. The Balaban J connectivity index is 1.94. The Kier molecular flexibility index (Phi) is 4.44. The number of rotatable bonds is 3. The standard InChI is InChI=1S/C19H26N2O2/c1-13(2)10-21-11-16(15-6-4-5-7-17(15)21)19(23)20-9-8-14(3)18(22)12-20/h4-7,11,13-14,18,22H,8-10,12H2,1-3H3. The van der Waals surface area contributed by atoms with Crippen molar-refractivity contribution in [2.75, 3.05) is 13.1 Å². The zero-order valence-corrected chi connectivity index (χ0v) is 14.2. The van der Waals surface area contributed by atoms with Gasteiger partial charge in [-0.25, -0.2) is 0 Å². The van der Waals surface area contributed by atoms with Gasteiger partial charge in [-0.1, -0.05) is 39.0 Å². The number of aromatic nitrogens is 1. The Morgan fingerprint density at radius 3 is 2.78 bits per heavy atom. The van der Waals surface area contributed by atoms with Crippen LogP contribution in [0.15, 0.2) is 30.5 Å². The topological polar surface area (TPSA) is 45.5 Å². The molecule has 2 unspecified atom stereocenters. The molecule has 1 aromatic heterocycles. The highest BCUT2D eigenvalue weighted by Gasteiger charge is 2.29. The van der Waals surface area contributed by atoms with Crippen molar-refractivity contribution in [3.63, 3.8) is 0 Å². The minimum absolute atomic E-state index is 0.0367. The number of β-amino-alcohol motifs (C(OH)–C–C–N with tert-alkyl or cyclic N) is 1. The number of benzene rings is 1. The minimum Gasteiger partial charge on any atom is -0.391 e. The summed E-state index contributed by atoms with van der Waals surface area (Å²) in [6.07, 6.45) is 2.42. The van der Waals surface area contributed by atoms with Gasteiger partial charge in [-0.3, -0.25) is 4.79 Å². The van der Waals surface area contributed by atoms with Gasteiger partial charge in [0.25, 0.3) is 5.91 Å². The SMILES string of the molecule is CC(C)Cn1cc(C(=O)N2CCC(C)C(O)C2)c2ccccc21. The fourth-order valence-electron chi connectivity index (χ4n) is 3.37. The van der Waals surface area contributed by atoms with Gasteiger partial charge in [-0.05, 0) is 24.3 Å². The number of carbonyl (C=O) groups is 1. The van der Waals surface area contributed by atoms with E-state index in [0.717, 1.165) is 36.0 Å². The van der Waals surface area contributed by atoms with Crippen LogP contribution in [0.4, 0.5) is 0 Å². The largest absolute Gasteiger partial charge is 0.391 e. The molecular weight excluding hydrogens is 288 g/mol. The minimum atomic E-state index is -0.420. The summed E-state index contributed by atoms with van der Waals surface area (Å²) in [6, 6.07) is 8.08. The average molecular weight is 314 g/mol. The molecule has 1 aromatic carbocycles. The van der Waals surface area contributed by atoms with Crippen molar-refractivity contribution in [1.29, 1.82) is 0 Å². The summed E-state index contributed by atoms with van der Waals surface area (Å²) in [4.78, 5) is 14.8. The molecule has 0 spiro atoms. The summed E-state index contributed by atoms with van der Waals surface area (Å²) in [7, 11) is 0. The lowest BCUT2D eigenvalue weighted by atomic mass is 9.95. The van der Waals surface area contributed by atoms with E-state index in [1.807, 2.05) is 31.3 Å². The second-order valence-electron chi connectivity index (χ2n) is 7.19. The van der Waals surface area contributed by atoms with Gasteiger partial charge >= 0.3 is 0 Å². The van der Waals surface area contributed by atoms with Gasteiger partial charge in [-0.15, -0.1) is 0 Å². The Hall–Kier alpha value is -1.81. The van der Waals surface area contributed by atoms with Gasteiger partial charge in [0.15, 0.2) is 0 Å². The predicted octanol–water partition coefficient (Wildman–Crippen LogP) is 3.14. The molecule has 1 aliphatic heterocycles. The van der Waals surface area contributed by atoms with E-state index in [1.54, 1.807) is 4.90 Å². The van der Waals surface area contributed by atoms with Gasteiger partial charge in [0.2, 0.25) is 0 Å². The lowest BCUT2D eigenvalue weighted by Crippen LogP contribution is -2.45. The maximum Gasteiger partial charge on any atom is 0.256 e. The molecule has 1 N–H and O–H groups in total.